The quantitative estimate of drug-likeness (QED) is 0.560. The molecule has 6 rings (SSSR count). The van der Waals surface area contributed by atoms with Crippen molar-refractivity contribution < 1.29 is 13.2 Å². The molecule has 1 fully saturated rings. The first-order valence-corrected chi connectivity index (χ1v) is 13.5. The van der Waals surface area contributed by atoms with Gasteiger partial charge in [0.15, 0.2) is 5.75 Å². The molecule has 1 N–H and O–H groups in total. The van der Waals surface area contributed by atoms with Crippen LogP contribution in [0.2, 0.25) is 5.02 Å². The van der Waals surface area contributed by atoms with Crippen molar-refractivity contribution >= 4 is 38.4 Å². The molecular weight excluding hydrogens is 498 g/mol. The van der Waals surface area contributed by atoms with Crippen molar-refractivity contribution in [2.75, 3.05) is 27.2 Å². The molecule has 1 saturated heterocycles. The largest absolute Gasteiger partial charge is 0.436 e. The highest BCUT2D eigenvalue weighted by Gasteiger charge is 2.46. The molecule has 0 bridgehead atoms. The molecule has 1 atom stereocenters. The summed E-state index contributed by atoms with van der Waals surface area (Å²) < 4.78 is 34.7. The molecule has 3 aliphatic rings. The summed E-state index contributed by atoms with van der Waals surface area (Å²) >= 11 is 6.24. The van der Waals surface area contributed by atoms with Gasteiger partial charge in [0, 0.05) is 55.3 Å². The van der Waals surface area contributed by atoms with E-state index in [9.17, 15) is 8.42 Å². The Morgan fingerprint density at radius 1 is 1.19 bits per heavy atom. The van der Waals surface area contributed by atoms with Gasteiger partial charge in [0.25, 0.3) is 0 Å². The molecule has 1 unspecified atom stereocenters. The van der Waals surface area contributed by atoms with E-state index >= 15 is 0 Å². The molecule has 3 aromatic rings. The first-order valence-electron chi connectivity index (χ1n) is 11.7. The van der Waals surface area contributed by atoms with Gasteiger partial charge in [-0.15, -0.1) is 0 Å². The maximum atomic E-state index is 13.5. The smallest absolute Gasteiger partial charge is 0.243 e. The highest BCUT2D eigenvalue weighted by atomic mass is 35.5. The number of ether oxygens (including phenoxy) is 1. The number of aromatic nitrogens is 1. The molecule has 10 heteroatoms. The Bertz CT molecular complexity index is 1580. The van der Waals surface area contributed by atoms with Gasteiger partial charge in [0.2, 0.25) is 15.9 Å². The SMILES string of the molecule is CN(C)S(=O)(=O)c1cc2c(c3ncccc13)OC1=NC(C)(C)N3CCNC3=C1C2c1ccc(Cl)cc1. The normalized spacial score (nSPS) is 20.4. The van der Waals surface area contributed by atoms with Crippen LogP contribution in [0.25, 0.3) is 10.9 Å². The summed E-state index contributed by atoms with van der Waals surface area (Å²) in [6.45, 7) is 5.71. The maximum Gasteiger partial charge on any atom is 0.243 e. The van der Waals surface area contributed by atoms with Crippen LogP contribution in [0.1, 0.15) is 30.9 Å². The van der Waals surface area contributed by atoms with Crippen molar-refractivity contribution in [2.45, 2.75) is 30.3 Å². The molecule has 3 aliphatic heterocycles. The number of halogens is 1. The summed E-state index contributed by atoms with van der Waals surface area (Å²) in [6.07, 6.45) is 1.65. The van der Waals surface area contributed by atoms with Gasteiger partial charge >= 0.3 is 0 Å². The van der Waals surface area contributed by atoms with E-state index < -0.39 is 15.7 Å². The second-order valence-electron chi connectivity index (χ2n) is 9.82. The fraction of sp³-hybridized carbons (Fsp3) is 0.308. The van der Waals surface area contributed by atoms with E-state index in [-0.39, 0.29) is 10.8 Å². The first kappa shape index (κ1) is 23.3. The lowest BCUT2D eigenvalue weighted by molar-refractivity contribution is 0.189. The Morgan fingerprint density at radius 3 is 2.67 bits per heavy atom. The van der Waals surface area contributed by atoms with E-state index in [1.165, 1.54) is 18.4 Å². The molecule has 36 heavy (non-hydrogen) atoms. The third-order valence-corrected chi connectivity index (χ3v) is 9.12. The standard InChI is InChI=1S/C26H26ClN5O3S/c1-26(2)30-25-21(24-29-12-13-32(24)26)20(15-7-9-16(27)10-8-15)18-14-19(36(33,34)31(3)4)17-6-5-11-28-22(17)23(18)35-25/h5-11,14,20,29H,12-13H2,1-4H3. The number of hydrogen-bond donors (Lipinski definition) is 1. The average molecular weight is 524 g/mol. The monoisotopic (exact) mass is 523 g/mol. The highest BCUT2D eigenvalue weighted by Crippen LogP contribution is 2.50. The van der Waals surface area contributed by atoms with Gasteiger partial charge < -0.3 is 15.0 Å². The second kappa shape index (κ2) is 7.93. The zero-order chi connectivity index (χ0) is 25.4. The van der Waals surface area contributed by atoms with Gasteiger partial charge in [-0.2, -0.15) is 0 Å². The maximum absolute atomic E-state index is 13.5. The summed E-state index contributed by atoms with van der Waals surface area (Å²) in [7, 11) is -0.709. The minimum absolute atomic E-state index is 0.190. The molecule has 0 amide bonds. The van der Waals surface area contributed by atoms with Gasteiger partial charge in [0.1, 0.15) is 17.0 Å². The Kier molecular flexibility index (Phi) is 5.13. The number of nitrogens with one attached hydrogen (secondary N) is 1. The lowest BCUT2D eigenvalue weighted by Crippen LogP contribution is -2.47. The molecule has 8 nitrogen and oxygen atoms in total. The topological polar surface area (TPSA) is 87.1 Å². The number of benzene rings is 2. The molecule has 0 radical (unpaired) electrons. The molecule has 186 valence electrons. The summed E-state index contributed by atoms with van der Waals surface area (Å²) in [5, 5.41) is 4.66. The Hall–Kier alpha value is -3.14. The number of sulfonamides is 1. The molecule has 1 aromatic heterocycles. The number of aliphatic imine (C=N–C) groups is 1. The third kappa shape index (κ3) is 3.33. The Labute approximate surface area is 215 Å². The fourth-order valence-electron chi connectivity index (χ4n) is 5.28. The number of rotatable bonds is 3. The zero-order valence-electron chi connectivity index (χ0n) is 20.4. The fourth-order valence-corrected chi connectivity index (χ4v) is 6.52. The zero-order valence-corrected chi connectivity index (χ0v) is 22.0. The molecule has 0 aliphatic carbocycles. The van der Waals surface area contributed by atoms with E-state index in [2.05, 4.69) is 29.0 Å². The van der Waals surface area contributed by atoms with Crippen molar-refractivity contribution in [3.05, 3.63) is 76.2 Å². The van der Waals surface area contributed by atoms with Gasteiger partial charge in [-0.25, -0.2) is 17.7 Å². The van der Waals surface area contributed by atoms with Crippen LogP contribution in [0.15, 0.2) is 69.9 Å². The summed E-state index contributed by atoms with van der Waals surface area (Å²) in [5.74, 6) is 1.65. The van der Waals surface area contributed by atoms with Crippen LogP contribution in [0.3, 0.4) is 0 Å². The molecule has 4 heterocycles. The van der Waals surface area contributed by atoms with Crippen LogP contribution < -0.4 is 10.1 Å². The first-order chi connectivity index (χ1) is 17.1. The van der Waals surface area contributed by atoms with Gasteiger partial charge in [-0.3, -0.25) is 4.98 Å². The van der Waals surface area contributed by atoms with Crippen LogP contribution in [0.4, 0.5) is 0 Å². The van der Waals surface area contributed by atoms with E-state index in [4.69, 9.17) is 21.3 Å². The van der Waals surface area contributed by atoms with E-state index in [0.717, 1.165) is 35.6 Å². The van der Waals surface area contributed by atoms with Crippen LogP contribution in [0, 0.1) is 0 Å². The molecule has 2 aromatic carbocycles. The molecule has 0 spiro atoms. The number of hydrogen-bond acceptors (Lipinski definition) is 7. The number of nitrogens with zero attached hydrogens (tertiary/aromatic N) is 4. The summed E-state index contributed by atoms with van der Waals surface area (Å²) in [4.78, 5) is 12.0. The van der Waals surface area contributed by atoms with Crippen molar-refractivity contribution in [1.29, 1.82) is 0 Å². The predicted molar refractivity (Wildman–Crippen MR) is 140 cm³/mol. The lowest BCUT2D eigenvalue weighted by Gasteiger charge is -2.42. The van der Waals surface area contributed by atoms with Crippen molar-refractivity contribution in [1.82, 2.24) is 19.5 Å². The van der Waals surface area contributed by atoms with Crippen LogP contribution in [-0.2, 0) is 10.0 Å². The van der Waals surface area contributed by atoms with Crippen LogP contribution in [0.5, 0.6) is 5.75 Å². The van der Waals surface area contributed by atoms with Gasteiger partial charge in [-0.05, 0) is 49.7 Å². The Morgan fingerprint density at radius 2 is 1.94 bits per heavy atom. The summed E-state index contributed by atoms with van der Waals surface area (Å²) in [5.41, 5.74) is 2.54. The van der Waals surface area contributed by atoms with E-state index in [1.54, 1.807) is 24.4 Å². The minimum Gasteiger partial charge on any atom is -0.436 e. The third-order valence-electron chi connectivity index (χ3n) is 7.02. The van der Waals surface area contributed by atoms with Crippen LogP contribution in [-0.4, -0.2) is 61.4 Å². The lowest BCUT2D eigenvalue weighted by atomic mass is 9.81. The molecular formula is C26H26ClN5O3S. The number of pyridine rings is 1. The van der Waals surface area contributed by atoms with Crippen molar-refractivity contribution in [3.63, 3.8) is 0 Å². The highest BCUT2D eigenvalue weighted by molar-refractivity contribution is 7.89. The van der Waals surface area contributed by atoms with E-state index in [1.807, 2.05) is 24.3 Å². The van der Waals surface area contributed by atoms with Crippen molar-refractivity contribution in [3.8, 4) is 5.75 Å². The average Bonchev–Trinajstić information content (AvgIpc) is 3.34. The summed E-state index contributed by atoms with van der Waals surface area (Å²) in [6, 6.07) is 12.9. The molecule has 0 saturated carbocycles. The second-order valence-corrected chi connectivity index (χ2v) is 12.4. The van der Waals surface area contributed by atoms with Crippen molar-refractivity contribution in [2.24, 2.45) is 4.99 Å². The minimum atomic E-state index is -3.77. The number of fused-ring (bicyclic) bond motifs is 5. The predicted octanol–water partition coefficient (Wildman–Crippen LogP) is 3.93. The van der Waals surface area contributed by atoms with E-state index in [0.29, 0.717) is 27.6 Å². The Balaban J connectivity index is 1.73. The van der Waals surface area contributed by atoms with Gasteiger partial charge in [-0.1, -0.05) is 23.7 Å². The van der Waals surface area contributed by atoms with Crippen LogP contribution >= 0.6 is 11.6 Å². The van der Waals surface area contributed by atoms with Gasteiger partial charge in [0.05, 0.1) is 10.5 Å².